The number of rotatable bonds is 7. The van der Waals surface area contributed by atoms with Crippen molar-refractivity contribution >= 4 is 46.0 Å². The van der Waals surface area contributed by atoms with E-state index in [-0.39, 0.29) is 12.1 Å². The van der Waals surface area contributed by atoms with Crippen molar-refractivity contribution in [1.29, 1.82) is 0 Å². The van der Waals surface area contributed by atoms with Gasteiger partial charge in [0.25, 0.3) is 11.4 Å². The van der Waals surface area contributed by atoms with E-state index in [1.807, 2.05) is 5.32 Å². The van der Waals surface area contributed by atoms with E-state index in [0.717, 1.165) is 0 Å². The van der Waals surface area contributed by atoms with Gasteiger partial charge in [0.05, 0.1) is 31.1 Å². The lowest BCUT2D eigenvalue weighted by Gasteiger charge is -2.19. The molecule has 0 radical (unpaired) electrons. The molecule has 2 rings (SSSR count). The maximum atomic E-state index is 13.2. The van der Waals surface area contributed by atoms with Crippen LogP contribution in [0.25, 0.3) is 0 Å². The highest BCUT2D eigenvalue weighted by atomic mass is 35.5. The quantitative estimate of drug-likeness (QED) is 0.248. The number of alkyl halides is 7. The Morgan fingerprint density at radius 2 is 1.41 bits per heavy atom. The number of nitrogens with zero attached hydrogens (tertiary/aromatic N) is 2. The number of ether oxygens (including phenoxy) is 1. The fraction of sp³-hybridized carbons (Fsp3) is 0.200. The van der Waals surface area contributed by atoms with Crippen molar-refractivity contribution in [2.45, 2.75) is 18.7 Å². The second-order valence-corrected chi connectivity index (χ2v) is 6.57. The average molecular weight is 512 g/mol. The molecular formula is C15H6Cl2F7N3O5. The Kier molecular flexibility index (Phi) is 6.94. The molecule has 8 nitrogen and oxygen atoms in total. The Bertz CT molecular complexity index is 1050. The van der Waals surface area contributed by atoms with Gasteiger partial charge in [-0.15, -0.1) is 0 Å². The third-order valence-corrected chi connectivity index (χ3v) is 4.21. The molecule has 0 fully saturated rings. The number of anilines is 2. The zero-order chi connectivity index (χ0) is 24.6. The van der Waals surface area contributed by atoms with E-state index in [1.54, 1.807) is 0 Å². The van der Waals surface area contributed by atoms with Gasteiger partial charge < -0.3 is 10.1 Å². The number of benzene rings is 2. The predicted octanol–water partition coefficient (Wildman–Crippen LogP) is 6.81. The van der Waals surface area contributed by atoms with Crippen LogP contribution < -0.4 is 10.1 Å². The molecule has 32 heavy (non-hydrogen) atoms. The first kappa shape index (κ1) is 25.2. The van der Waals surface area contributed by atoms with Crippen molar-refractivity contribution in [3.8, 4) is 5.75 Å². The van der Waals surface area contributed by atoms with Gasteiger partial charge in [0.15, 0.2) is 5.69 Å². The summed E-state index contributed by atoms with van der Waals surface area (Å²) in [5.74, 6) is -1.11. The predicted molar refractivity (Wildman–Crippen MR) is 96.1 cm³/mol. The Hall–Kier alpha value is -3.07. The molecule has 174 valence electrons. The van der Waals surface area contributed by atoms with E-state index >= 15 is 0 Å². The van der Waals surface area contributed by atoms with E-state index in [1.165, 1.54) is 0 Å². The first-order valence-electron chi connectivity index (χ1n) is 7.69. The van der Waals surface area contributed by atoms with Gasteiger partial charge in [-0.05, 0) is 6.07 Å². The van der Waals surface area contributed by atoms with Crippen LogP contribution in [-0.4, -0.2) is 22.4 Å². The minimum absolute atomic E-state index is 0.0124. The van der Waals surface area contributed by atoms with Crippen LogP contribution in [-0.2, 0) is 6.18 Å². The lowest BCUT2D eigenvalue weighted by atomic mass is 10.1. The van der Waals surface area contributed by atoms with Crippen molar-refractivity contribution in [2.24, 2.45) is 0 Å². The molecule has 0 aliphatic heterocycles. The van der Waals surface area contributed by atoms with Crippen molar-refractivity contribution in [3.05, 3.63) is 60.1 Å². The first-order chi connectivity index (χ1) is 14.5. The molecule has 0 atom stereocenters. The lowest BCUT2D eigenvalue weighted by molar-refractivity contribution is -0.392. The van der Waals surface area contributed by atoms with Crippen molar-refractivity contribution in [3.63, 3.8) is 0 Å². The molecule has 1 N–H and O–H groups in total. The standard InChI is InChI=1S/C15H6Cl2F7N3O5/c16-6-3-7(17)11(32-15(23,24)13(18)19)4-8(6)25-12-9(26(28)29)1-5(14(20,21)22)2-10(12)27(30)31/h1-4,13,25H. The Labute approximate surface area is 181 Å². The smallest absolute Gasteiger partial charge is 0.427 e. The fourth-order valence-corrected chi connectivity index (χ4v) is 2.69. The molecule has 2 aromatic carbocycles. The van der Waals surface area contributed by atoms with E-state index < -0.39 is 72.7 Å². The van der Waals surface area contributed by atoms with Gasteiger partial charge >= 0.3 is 18.7 Å². The second-order valence-electron chi connectivity index (χ2n) is 5.75. The van der Waals surface area contributed by atoms with E-state index in [4.69, 9.17) is 23.2 Å². The van der Waals surface area contributed by atoms with Crippen molar-refractivity contribution in [2.75, 3.05) is 5.32 Å². The first-order valence-corrected chi connectivity index (χ1v) is 8.45. The highest BCUT2D eigenvalue weighted by Gasteiger charge is 2.44. The molecule has 0 amide bonds. The normalized spacial score (nSPS) is 12.1. The number of nitrogens with one attached hydrogen (secondary N) is 1. The number of nitro benzene ring substituents is 2. The number of hydrogen-bond donors (Lipinski definition) is 1. The molecule has 0 aliphatic rings. The largest absolute Gasteiger partial charge is 0.461 e. The van der Waals surface area contributed by atoms with Crippen LogP contribution in [0, 0.1) is 20.2 Å². The van der Waals surface area contributed by atoms with Gasteiger partial charge in [0, 0.05) is 18.2 Å². The molecule has 2 aromatic rings. The Morgan fingerprint density at radius 1 is 0.906 bits per heavy atom. The summed E-state index contributed by atoms with van der Waals surface area (Å²) in [7, 11) is 0. The molecule has 0 saturated heterocycles. The number of halogens is 9. The third-order valence-electron chi connectivity index (χ3n) is 3.60. The van der Waals surface area contributed by atoms with E-state index in [0.29, 0.717) is 12.1 Å². The Morgan fingerprint density at radius 3 is 1.81 bits per heavy atom. The van der Waals surface area contributed by atoms with Gasteiger partial charge in [-0.2, -0.15) is 30.7 Å². The zero-order valence-electron chi connectivity index (χ0n) is 14.7. The molecule has 0 bridgehead atoms. The summed E-state index contributed by atoms with van der Waals surface area (Å²) < 4.78 is 93.9. The van der Waals surface area contributed by atoms with Crippen molar-refractivity contribution < 1.29 is 45.3 Å². The van der Waals surface area contributed by atoms with Crippen LogP contribution in [0.5, 0.6) is 5.75 Å². The minimum atomic E-state index is -5.19. The second kappa shape index (κ2) is 8.82. The molecule has 0 aromatic heterocycles. The van der Waals surface area contributed by atoms with Crippen LogP contribution in [0.2, 0.25) is 10.0 Å². The monoisotopic (exact) mass is 511 g/mol. The van der Waals surface area contributed by atoms with E-state index in [2.05, 4.69) is 4.74 Å². The summed E-state index contributed by atoms with van der Waals surface area (Å²) >= 11 is 11.4. The average Bonchev–Trinajstić information content (AvgIpc) is 2.63. The summed E-state index contributed by atoms with van der Waals surface area (Å²) in [6, 6.07) is 1.10. The van der Waals surface area contributed by atoms with Crippen LogP contribution in [0.4, 0.5) is 53.5 Å². The summed E-state index contributed by atoms with van der Waals surface area (Å²) in [4.78, 5) is 19.7. The van der Waals surface area contributed by atoms with Crippen LogP contribution in [0.3, 0.4) is 0 Å². The minimum Gasteiger partial charge on any atom is -0.427 e. The summed E-state index contributed by atoms with van der Waals surface area (Å²) in [5, 5.41) is 23.2. The number of nitro groups is 2. The third kappa shape index (κ3) is 5.40. The number of hydrogen-bond acceptors (Lipinski definition) is 6. The van der Waals surface area contributed by atoms with Crippen LogP contribution >= 0.6 is 23.2 Å². The topological polar surface area (TPSA) is 108 Å². The molecule has 0 spiro atoms. The summed E-state index contributed by atoms with van der Waals surface area (Å²) in [6.45, 7) is 0. The SMILES string of the molecule is O=[N+]([O-])c1cc(C(F)(F)F)cc([N+](=O)[O-])c1Nc1cc(OC(F)(F)C(F)F)c(Cl)cc1Cl. The molecule has 17 heteroatoms. The van der Waals surface area contributed by atoms with Crippen LogP contribution in [0.1, 0.15) is 5.56 Å². The zero-order valence-corrected chi connectivity index (χ0v) is 16.2. The fourth-order valence-electron chi connectivity index (χ4n) is 2.22. The highest BCUT2D eigenvalue weighted by molar-refractivity contribution is 6.37. The molecule has 0 saturated carbocycles. The van der Waals surface area contributed by atoms with Gasteiger partial charge in [-0.3, -0.25) is 20.2 Å². The van der Waals surface area contributed by atoms with Gasteiger partial charge in [-0.1, -0.05) is 23.2 Å². The molecule has 0 aliphatic carbocycles. The summed E-state index contributed by atoms with van der Waals surface area (Å²) in [5.41, 5.74) is -6.33. The van der Waals surface area contributed by atoms with Gasteiger partial charge in [-0.25, -0.2) is 0 Å². The van der Waals surface area contributed by atoms with E-state index in [9.17, 15) is 51.0 Å². The van der Waals surface area contributed by atoms with Crippen molar-refractivity contribution in [1.82, 2.24) is 0 Å². The van der Waals surface area contributed by atoms with Gasteiger partial charge in [0.2, 0.25) is 0 Å². The lowest BCUT2D eigenvalue weighted by Crippen LogP contribution is -2.33. The molecule has 0 unspecified atom stereocenters. The van der Waals surface area contributed by atoms with Gasteiger partial charge in [0.1, 0.15) is 5.75 Å². The molecule has 0 heterocycles. The van der Waals surface area contributed by atoms with Crippen LogP contribution in [0.15, 0.2) is 24.3 Å². The maximum Gasteiger partial charge on any atom is 0.461 e. The Balaban J connectivity index is 2.67. The molecular weight excluding hydrogens is 506 g/mol. The maximum absolute atomic E-state index is 13.2. The highest BCUT2D eigenvalue weighted by Crippen LogP contribution is 2.45. The summed E-state index contributed by atoms with van der Waals surface area (Å²) in [6.07, 6.45) is -14.5.